The lowest BCUT2D eigenvalue weighted by Gasteiger charge is -2.14. The van der Waals surface area contributed by atoms with Gasteiger partial charge < -0.3 is 24.5 Å². The predicted octanol–water partition coefficient (Wildman–Crippen LogP) is 9.41. The number of rotatable bonds is 5. The second-order valence-electron chi connectivity index (χ2n) is 14.1. The number of nitrogens with one attached hydrogen (secondary N) is 2. The summed E-state index contributed by atoms with van der Waals surface area (Å²) in [7, 11) is 3.15. The number of methoxy groups -OCH3 is 2. The van der Waals surface area contributed by atoms with Crippen molar-refractivity contribution >= 4 is 61.1 Å². The number of hydrogen-bond donors (Lipinski definition) is 3. The summed E-state index contributed by atoms with van der Waals surface area (Å²) in [6, 6.07) is 46.3. The molecule has 0 unspecified atom stereocenters. The van der Waals surface area contributed by atoms with Crippen molar-refractivity contribution in [2.45, 2.75) is 5.92 Å². The number of carboxylic acids is 1. The third-order valence-electron chi connectivity index (χ3n) is 10.6. The molecule has 0 fully saturated rings. The van der Waals surface area contributed by atoms with Gasteiger partial charge in [0.2, 0.25) is 0 Å². The molecule has 4 radical (unpaired) electrons. The van der Waals surface area contributed by atoms with Crippen molar-refractivity contribution < 1.29 is 19.4 Å². The van der Waals surface area contributed by atoms with Crippen molar-refractivity contribution in [1.82, 2.24) is 39.9 Å². The molecule has 61 heavy (non-hydrogen) atoms. The van der Waals surface area contributed by atoms with E-state index in [4.69, 9.17) is 39.4 Å². The summed E-state index contributed by atoms with van der Waals surface area (Å²) in [5.74, 6) is 2.20. The predicted molar refractivity (Wildman–Crippen MR) is 237 cm³/mol. The van der Waals surface area contributed by atoms with Gasteiger partial charge in [-0.25, -0.2) is 29.9 Å². The SMILES string of the molecule is COc1ccc(C(C(=O)O)c2ccc(OC)cc2)cc1.[Si].c1ccc2c(c1)-c1nc-2nc2[nH]c(nc3nc(nc4[nH]c(n1)c1ccccc41)-c1ccccc1-3)c1ccccc21. The maximum atomic E-state index is 11.5. The Morgan fingerprint density at radius 3 is 0.984 bits per heavy atom. The van der Waals surface area contributed by atoms with Crippen LogP contribution in [0.3, 0.4) is 0 Å². The summed E-state index contributed by atoms with van der Waals surface area (Å²) in [5.41, 5.74) is 7.87. The molecule has 2 aliphatic rings. The fourth-order valence-corrected chi connectivity index (χ4v) is 7.66. The molecule has 8 bridgehead atoms. The molecule has 2 aliphatic heterocycles. The number of fused-ring (bicyclic) bond motifs is 20. The van der Waals surface area contributed by atoms with Crippen molar-refractivity contribution in [3.8, 4) is 57.1 Å². The number of benzene rings is 6. The lowest BCUT2D eigenvalue weighted by atomic mass is 9.91. The third kappa shape index (κ3) is 7.02. The smallest absolute Gasteiger partial charge is 0.315 e. The fourth-order valence-electron chi connectivity index (χ4n) is 7.66. The molecular formula is C48H34N8O4Si. The van der Waals surface area contributed by atoms with E-state index in [1.54, 1.807) is 62.8 Å². The van der Waals surface area contributed by atoms with Gasteiger partial charge in [-0.05, 0) is 35.4 Å². The van der Waals surface area contributed by atoms with Crippen LogP contribution in [0.25, 0.3) is 89.7 Å². The maximum Gasteiger partial charge on any atom is 0.315 e. The molecule has 294 valence electrons. The van der Waals surface area contributed by atoms with Gasteiger partial charge in [0.25, 0.3) is 0 Å². The highest BCUT2D eigenvalue weighted by Crippen LogP contribution is 2.37. The molecule has 0 spiro atoms. The minimum atomic E-state index is -0.889. The molecule has 3 aromatic heterocycles. The largest absolute Gasteiger partial charge is 0.497 e. The first-order valence-corrected chi connectivity index (χ1v) is 19.2. The topological polar surface area (TPSA) is 165 Å². The number of aromatic nitrogens is 8. The first kappa shape index (κ1) is 38.5. The second kappa shape index (κ2) is 16.0. The summed E-state index contributed by atoms with van der Waals surface area (Å²) in [4.78, 5) is 48.3. The van der Waals surface area contributed by atoms with Gasteiger partial charge in [0.15, 0.2) is 23.3 Å². The van der Waals surface area contributed by atoms with Gasteiger partial charge in [-0.1, -0.05) is 121 Å². The highest BCUT2D eigenvalue weighted by molar-refractivity contribution is 6.06. The van der Waals surface area contributed by atoms with Gasteiger partial charge in [0, 0.05) is 54.8 Å². The summed E-state index contributed by atoms with van der Waals surface area (Å²) < 4.78 is 10.2. The van der Waals surface area contributed by atoms with Crippen molar-refractivity contribution in [3.05, 3.63) is 157 Å². The van der Waals surface area contributed by atoms with Gasteiger partial charge in [0.05, 0.1) is 14.2 Å². The molecular weight excluding hydrogens is 781 g/mol. The highest BCUT2D eigenvalue weighted by atomic mass is 28.1. The van der Waals surface area contributed by atoms with Crippen LogP contribution >= 0.6 is 0 Å². The molecule has 0 aliphatic carbocycles. The third-order valence-corrected chi connectivity index (χ3v) is 10.6. The molecule has 9 aromatic rings. The lowest BCUT2D eigenvalue weighted by Crippen LogP contribution is -2.13. The molecule has 5 heterocycles. The molecule has 0 atom stereocenters. The second-order valence-corrected chi connectivity index (χ2v) is 14.1. The number of carboxylic acid groups (broad SMARTS) is 1. The Kier molecular flexibility index (Phi) is 10.1. The van der Waals surface area contributed by atoms with Crippen LogP contribution in [0.5, 0.6) is 11.5 Å². The molecule has 0 amide bonds. The van der Waals surface area contributed by atoms with Crippen LogP contribution in [0.15, 0.2) is 146 Å². The summed E-state index contributed by atoms with van der Waals surface area (Å²) in [6.07, 6.45) is 0. The van der Waals surface area contributed by atoms with Crippen LogP contribution in [-0.2, 0) is 4.79 Å². The van der Waals surface area contributed by atoms with Crippen molar-refractivity contribution in [2.24, 2.45) is 0 Å². The Labute approximate surface area is 353 Å². The van der Waals surface area contributed by atoms with Crippen LogP contribution in [0.2, 0.25) is 0 Å². The van der Waals surface area contributed by atoms with E-state index in [-0.39, 0.29) is 11.0 Å². The van der Waals surface area contributed by atoms with E-state index in [0.717, 1.165) is 43.8 Å². The molecule has 12 nitrogen and oxygen atoms in total. The van der Waals surface area contributed by atoms with Gasteiger partial charge in [0.1, 0.15) is 40.0 Å². The lowest BCUT2D eigenvalue weighted by molar-refractivity contribution is -0.137. The van der Waals surface area contributed by atoms with Crippen LogP contribution in [-0.4, -0.2) is 76.1 Å². The average molecular weight is 815 g/mol. The van der Waals surface area contributed by atoms with Gasteiger partial charge in [-0.15, -0.1) is 0 Å². The van der Waals surface area contributed by atoms with Crippen molar-refractivity contribution in [3.63, 3.8) is 0 Å². The van der Waals surface area contributed by atoms with Crippen LogP contribution in [0.1, 0.15) is 17.0 Å². The minimum Gasteiger partial charge on any atom is -0.497 e. The van der Waals surface area contributed by atoms with E-state index >= 15 is 0 Å². The number of ether oxygens (including phenoxy) is 2. The van der Waals surface area contributed by atoms with Crippen LogP contribution in [0.4, 0.5) is 0 Å². The van der Waals surface area contributed by atoms with E-state index in [1.165, 1.54) is 0 Å². The monoisotopic (exact) mass is 814 g/mol. The van der Waals surface area contributed by atoms with Crippen molar-refractivity contribution in [1.29, 1.82) is 0 Å². The maximum absolute atomic E-state index is 11.5. The number of carbonyl (C=O) groups is 1. The van der Waals surface area contributed by atoms with Gasteiger partial charge in [-0.2, -0.15) is 0 Å². The standard InChI is InChI=1S/C32H18N8.C16H16O4.Si/c1-2-10-18-17(9-1)25-33-26(18)38-28-21-13-5-6-14-22(21)30(35-28)40-32-24-16-8-7-15-23(24)31(36-32)39-29-20-12-4-3-11-19(20)27(34-29)37-25;1-19-13-7-3-11(4-8-13)15(16(17)18)12-5-9-14(20-2)10-6-12;/h1-16H,(H2,33,34,35,36,37,38,39,40);3-10,15H,1-2H3,(H,17,18);. The van der Waals surface area contributed by atoms with E-state index < -0.39 is 11.9 Å². The zero-order valence-electron chi connectivity index (χ0n) is 32.8. The number of hydrogen-bond acceptors (Lipinski definition) is 9. The quantitative estimate of drug-likeness (QED) is 0.143. The van der Waals surface area contributed by atoms with Crippen LogP contribution < -0.4 is 9.47 Å². The van der Waals surface area contributed by atoms with E-state index in [1.807, 2.05) is 97.1 Å². The van der Waals surface area contributed by atoms with Crippen molar-refractivity contribution in [2.75, 3.05) is 14.2 Å². The Morgan fingerprint density at radius 1 is 0.443 bits per heavy atom. The first-order valence-electron chi connectivity index (χ1n) is 19.2. The number of aliphatic carboxylic acids is 1. The summed E-state index contributed by atoms with van der Waals surface area (Å²) in [6.45, 7) is 0. The van der Waals surface area contributed by atoms with Crippen LogP contribution in [0, 0.1) is 0 Å². The summed E-state index contributed by atoms with van der Waals surface area (Å²) >= 11 is 0. The minimum absolute atomic E-state index is 0. The number of H-pyrrole nitrogens is 2. The molecule has 6 aromatic carbocycles. The Morgan fingerprint density at radius 2 is 0.721 bits per heavy atom. The molecule has 3 N–H and O–H groups in total. The highest BCUT2D eigenvalue weighted by Gasteiger charge is 2.23. The number of nitrogens with zero attached hydrogens (tertiary/aromatic N) is 6. The van der Waals surface area contributed by atoms with E-state index in [0.29, 0.717) is 68.5 Å². The van der Waals surface area contributed by atoms with E-state index in [9.17, 15) is 9.90 Å². The first-order chi connectivity index (χ1) is 29.4. The zero-order valence-corrected chi connectivity index (χ0v) is 33.8. The summed E-state index contributed by atoms with van der Waals surface area (Å²) in [5, 5.41) is 13.3. The molecule has 11 rings (SSSR count). The molecule has 0 saturated heterocycles. The normalized spacial score (nSPS) is 11.3. The fraction of sp³-hybridized carbons (Fsp3) is 0.0625. The van der Waals surface area contributed by atoms with E-state index in [2.05, 4.69) is 9.97 Å². The van der Waals surface area contributed by atoms with Gasteiger partial charge >= 0.3 is 5.97 Å². The zero-order chi connectivity index (χ0) is 40.7. The number of aromatic amines is 2. The Hall–Kier alpha value is -8.03. The molecule has 13 heteroatoms. The van der Waals surface area contributed by atoms with Gasteiger partial charge in [-0.3, -0.25) is 4.79 Å². The Bertz CT molecular complexity index is 2930. The molecule has 0 saturated carbocycles. The Balaban J connectivity index is 0.000000193. The average Bonchev–Trinajstić information content (AvgIpc) is 4.03.